The molecule has 3 rings (SSSR count). The van der Waals surface area contributed by atoms with Crippen LogP contribution in [0.4, 0.5) is 0 Å². The van der Waals surface area contributed by atoms with Crippen LogP contribution in [-0.2, 0) is 13.1 Å². The zero-order chi connectivity index (χ0) is 18.0. The Balaban J connectivity index is 1.99. The molecular formula is C19H22ClN3O2. The molecule has 0 spiro atoms. The first-order valence-electron chi connectivity index (χ1n) is 8.35. The van der Waals surface area contributed by atoms with Gasteiger partial charge in [0.2, 0.25) is 5.88 Å². The fourth-order valence-electron chi connectivity index (χ4n) is 3.15. The van der Waals surface area contributed by atoms with Crippen LogP contribution >= 0.6 is 11.6 Å². The van der Waals surface area contributed by atoms with E-state index in [0.29, 0.717) is 11.6 Å². The van der Waals surface area contributed by atoms with E-state index in [1.54, 1.807) is 17.1 Å². The number of nitrogens with zero attached hydrogens (tertiary/aromatic N) is 3. The third-order valence-corrected chi connectivity index (χ3v) is 4.52. The summed E-state index contributed by atoms with van der Waals surface area (Å²) in [6, 6.07) is 7.48. The van der Waals surface area contributed by atoms with E-state index in [0.717, 1.165) is 29.8 Å². The van der Waals surface area contributed by atoms with Crippen LogP contribution in [0, 0.1) is 0 Å². The molecule has 6 heteroatoms. The smallest absolute Gasteiger partial charge is 0.235 e. The Kier molecular flexibility index (Phi) is 5.04. The minimum atomic E-state index is -0.0932. The van der Waals surface area contributed by atoms with Crippen LogP contribution in [0.3, 0.4) is 0 Å². The summed E-state index contributed by atoms with van der Waals surface area (Å²) < 4.78 is 3.76. The van der Waals surface area contributed by atoms with Crippen LogP contribution in [0.5, 0.6) is 11.6 Å². The van der Waals surface area contributed by atoms with Gasteiger partial charge in [-0.15, -0.1) is 0 Å². The lowest BCUT2D eigenvalue weighted by Crippen LogP contribution is -2.05. The van der Waals surface area contributed by atoms with Crippen LogP contribution in [0.25, 0.3) is 11.3 Å². The van der Waals surface area contributed by atoms with Gasteiger partial charge in [-0.05, 0) is 24.5 Å². The predicted octanol–water partition coefficient (Wildman–Crippen LogP) is 4.63. The predicted molar refractivity (Wildman–Crippen MR) is 99.1 cm³/mol. The molecule has 0 fully saturated rings. The molecule has 0 saturated carbocycles. The Labute approximate surface area is 152 Å². The molecule has 0 amide bonds. The van der Waals surface area contributed by atoms with Gasteiger partial charge >= 0.3 is 0 Å². The van der Waals surface area contributed by atoms with Crippen LogP contribution in [-0.4, -0.2) is 24.3 Å². The summed E-state index contributed by atoms with van der Waals surface area (Å²) in [7, 11) is 0. The maximum absolute atomic E-state index is 10.5. The zero-order valence-electron chi connectivity index (χ0n) is 14.4. The number of hydrogen-bond donors (Lipinski definition) is 2. The van der Waals surface area contributed by atoms with Gasteiger partial charge in [0.15, 0.2) is 5.75 Å². The second-order valence-electron chi connectivity index (χ2n) is 6.41. The van der Waals surface area contributed by atoms with Gasteiger partial charge in [-0.1, -0.05) is 37.6 Å². The molecule has 0 saturated heterocycles. The van der Waals surface area contributed by atoms with E-state index in [4.69, 9.17) is 11.6 Å². The fraction of sp³-hybridized carbons (Fsp3) is 0.316. The molecule has 25 heavy (non-hydrogen) atoms. The summed E-state index contributed by atoms with van der Waals surface area (Å²) in [6.45, 7) is 5.35. The molecule has 2 heterocycles. The second kappa shape index (κ2) is 7.23. The van der Waals surface area contributed by atoms with Crippen LogP contribution in [0.15, 0.2) is 43.0 Å². The van der Waals surface area contributed by atoms with Crippen molar-refractivity contribution < 1.29 is 10.2 Å². The molecule has 2 aromatic heterocycles. The van der Waals surface area contributed by atoms with Crippen molar-refractivity contribution >= 4 is 11.6 Å². The number of benzene rings is 1. The monoisotopic (exact) mass is 359 g/mol. The van der Waals surface area contributed by atoms with Gasteiger partial charge in [0.1, 0.15) is 0 Å². The van der Waals surface area contributed by atoms with Crippen molar-refractivity contribution in [1.29, 1.82) is 0 Å². The van der Waals surface area contributed by atoms with E-state index in [2.05, 4.69) is 4.98 Å². The number of aryl methyl sites for hydroxylation is 1. The number of aromatic nitrogens is 3. The number of rotatable bonds is 6. The summed E-state index contributed by atoms with van der Waals surface area (Å²) in [4.78, 5) is 4.03. The minimum absolute atomic E-state index is 0.0485. The highest BCUT2D eigenvalue weighted by atomic mass is 35.5. The highest BCUT2D eigenvalue weighted by molar-refractivity contribution is 6.30. The van der Waals surface area contributed by atoms with Gasteiger partial charge in [0, 0.05) is 41.6 Å². The van der Waals surface area contributed by atoms with Gasteiger partial charge in [0.25, 0.3) is 0 Å². The van der Waals surface area contributed by atoms with Crippen molar-refractivity contribution in [3.63, 3.8) is 0 Å². The SMILES string of the molecule is CC(C)c1c(O)c(O)n(CCCn2ccnc2)c1-c1cccc(Cl)c1. The van der Waals surface area contributed by atoms with E-state index in [9.17, 15) is 10.2 Å². The molecule has 0 atom stereocenters. The molecule has 3 aromatic rings. The van der Waals surface area contributed by atoms with Crippen molar-refractivity contribution in [3.05, 3.63) is 53.6 Å². The summed E-state index contributed by atoms with van der Waals surface area (Å²) in [5, 5.41) is 21.6. The van der Waals surface area contributed by atoms with Crippen LogP contribution < -0.4 is 0 Å². The lowest BCUT2D eigenvalue weighted by atomic mass is 9.98. The van der Waals surface area contributed by atoms with E-state index in [-0.39, 0.29) is 17.5 Å². The summed E-state index contributed by atoms with van der Waals surface area (Å²) in [5.74, 6) is -0.0771. The first-order valence-corrected chi connectivity index (χ1v) is 8.72. The summed E-state index contributed by atoms with van der Waals surface area (Å²) in [6.07, 6.45) is 6.21. The molecule has 2 N–H and O–H groups in total. The van der Waals surface area contributed by atoms with Crippen molar-refractivity contribution in [2.75, 3.05) is 0 Å². The van der Waals surface area contributed by atoms with Crippen molar-refractivity contribution in [2.45, 2.75) is 39.3 Å². The Morgan fingerprint density at radius 1 is 1.20 bits per heavy atom. The number of hydrogen-bond acceptors (Lipinski definition) is 3. The molecule has 0 radical (unpaired) electrons. The quantitative estimate of drug-likeness (QED) is 0.674. The average Bonchev–Trinajstić information content (AvgIpc) is 3.16. The third-order valence-electron chi connectivity index (χ3n) is 4.28. The minimum Gasteiger partial charge on any atom is -0.503 e. The summed E-state index contributed by atoms with van der Waals surface area (Å²) in [5.41, 5.74) is 2.44. The Morgan fingerprint density at radius 2 is 2.00 bits per heavy atom. The van der Waals surface area contributed by atoms with Gasteiger partial charge < -0.3 is 19.3 Å². The van der Waals surface area contributed by atoms with Crippen molar-refractivity contribution in [2.24, 2.45) is 0 Å². The Bertz CT molecular complexity index is 854. The Hall–Kier alpha value is -2.40. The molecule has 0 aliphatic rings. The Morgan fingerprint density at radius 3 is 2.64 bits per heavy atom. The average molecular weight is 360 g/mol. The third kappa shape index (κ3) is 3.51. The number of aromatic hydroxyl groups is 2. The fourth-order valence-corrected chi connectivity index (χ4v) is 3.34. The normalized spacial score (nSPS) is 11.4. The largest absolute Gasteiger partial charge is 0.503 e. The van der Waals surface area contributed by atoms with E-state index in [1.165, 1.54) is 0 Å². The maximum atomic E-state index is 10.5. The highest BCUT2D eigenvalue weighted by Crippen LogP contribution is 2.45. The standard InChI is InChI=1S/C19H22ClN3O2/c1-13(2)16-17(14-5-3-6-15(20)11-14)23(19(25)18(16)24)9-4-8-22-10-7-21-12-22/h3,5-7,10-13,24-25H,4,8-9H2,1-2H3. The van der Waals surface area contributed by atoms with E-state index >= 15 is 0 Å². The van der Waals surface area contributed by atoms with E-state index in [1.807, 2.05) is 48.9 Å². The topological polar surface area (TPSA) is 63.2 Å². The molecule has 0 aliphatic heterocycles. The number of halogens is 1. The van der Waals surface area contributed by atoms with Crippen molar-refractivity contribution in [1.82, 2.24) is 14.1 Å². The first kappa shape index (κ1) is 17.4. The molecular weight excluding hydrogens is 338 g/mol. The van der Waals surface area contributed by atoms with Gasteiger partial charge in [-0.2, -0.15) is 0 Å². The zero-order valence-corrected chi connectivity index (χ0v) is 15.1. The summed E-state index contributed by atoms with van der Waals surface area (Å²) >= 11 is 6.15. The van der Waals surface area contributed by atoms with E-state index < -0.39 is 0 Å². The molecule has 0 aliphatic carbocycles. The molecule has 5 nitrogen and oxygen atoms in total. The molecule has 0 unspecified atom stereocenters. The van der Waals surface area contributed by atoms with Crippen molar-refractivity contribution in [3.8, 4) is 22.9 Å². The molecule has 0 bridgehead atoms. The lowest BCUT2D eigenvalue weighted by Gasteiger charge is -2.14. The maximum Gasteiger partial charge on any atom is 0.235 e. The van der Waals surface area contributed by atoms with Gasteiger partial charge in [-0.25, -0.2) is 4.98 Å². The van der Waals surface area contributed by atoms with Crippen LogP contribution in [0.1, 0.15) is 31.7 Å². The molecule has 132 valence electrons. The molecule has 1 aromatic carbocycles. The highest BCUT2D eigenvalue weighted by Gasteiger charge is 2.25. The first-order chi connectivity index (χ1) is 12.0. The van der Waals surface area contributed by atoms with Gasteiger partial charge in [0.05, 0.1) is 12.0 Å². The second-order valence-corrected chi connectivity index (χ2v) is 6.84. The van der Waals surface area contributed by atoms with Crippen LogP contribution in [0.2, 0.25) is 5.02 Å². The number of imidazole rings is 1. The van der Waals surface area contributed by atoms with Gasteiger partial charge in [-0.3, -0.25) is 0 Å². The lowest BCUT2D eigenvalue weighted by molar-refractivity contribution is 0.366.